The Labute approximate surface area is 176 Å². The SMILES string of the molecule is CC(C)(C)NC(=O)c1sc2nc(-c3cccs3)nc(-c3cccc(N)c3)c2c1N. The molecule has 3 heterocycles. The van der Waals surface area contributed by atoms with Crippen LogP contribution in [0, 0.1) is 0 Å². The fourth-order valence-electron chi connectivity index (χ4n) is 3.00. The molecule has 0 bridgehead atoms. The van der Waals surface area contributed by atoms with Crippen molar-refractivity contribution in [3.63, 3.8) is 0 Å². The van der Waals surface area contributed by atoms with Crippen LogP contribution in [0.3, 0.4) is 0 Å². The Morgan fingerprint density at radius 2 is 1.90 bits per heavy atom. The third kappa shape index (κ3) is 3.81. The predicted octanol–water partition coefficient (Wildman–Crippen LogP) is 4.78. The lowest BCUT2D eigenvalue weighted by Gasteiger charge is -2.20. The minimum absolute atomic E-state index is 0.214. The van der Waals surface area contributed by atoms with Gasteiger partial charge in [-0.3, -0.25) is 4.79 Å². The number of nitrogens with zero attached hydrogens (tertiary/aromatic N) is 2. The molecule has 0 radical (unpaired) electrons. The molecule has 0 fully saturated rings. The number of rotatable bonds is 3. The minimum atomic E-state index is -0.371. The average Bonchev–Trinajstić information content (AvgIpc) is 3.28. The average molecular weight is 424 g/mol. The van der Waals surface area contributed by atoms with E-state index in [0.29, 0.717) is 38.0 Å². The van der Waals surface area contributed by atoms with Crippen molar-refractivity contribution >= 4 is 50.2 Å². The third-order valence-corrected chi connectivity index (χ3v) is 6.15. The number of benzene rings is 1. The Morgan fingerprint density at radius 1 is 1.10 bits per heavy atom. The number of nitrogens with two attached hydrogens (primary N) is 2. The molecule has 1 aromatic carbocycles. The zero-order valence-electron chi connectivity index (χ0n) is 16.3. The zero-order valence-corrected chi connectivity index (χ0v) is 17.9. The number of anilines is 2. The molecule has 0 spiro atoms. The quantitative estimate of drug-likeness (QED) is 0.411. The van der Waals surface area contributed by atoms with E-state index >= 15 is 0 Å². The number of hydrogen-bond donors (Lipinski definition) is 3. The summed E-state index contributed by atoms with van der Waals surface area (Å²) in [7, 11) is 0. The first-order valence-corrected chi connectivity index (χ1v) is 10.7. The normalized spacial score (nSPS) is 11.7. The van der Waals surface area contributed by atoms with E-state index in [0.717, 1.165) is 10.4 Å². The van der Waals surface area contributed by atoms with Gasteiger partial charge in [0.05, 0.1) is 21.6 Å². The van der Waals surface area contributed by atoms with Gasteiger partial charge in [0.25, 0.3) is 5.91 Å². The molecule has 0 aliphatic heterocycles. The number of thiophene rings is 2. The summed E-state index contributed by atoms with van der Waals surface area (Å²) in [5.41, 5.74) is 14.6. The molecule has 3 aromatic heterocycles. The van der Waals surface area contributed by atoms with Crippen molar-refractivity contribution in [2.75, 3.05) is 11.5 Å². The molecule has 4 aromatic rings. The van der Waals surface area contributed by atoms with Gasteiger partial charge in [-0.05, 0) is 44.4 Å². The molecule has 148 valence electrons. The summed E-state index contributed by atoms with van der Waals surface area (Å²) < 4.78 is 0. The van der Waals surface area contributed by atoms with Gasteiger partial charge in [-0.2, -0.15) is 0 Å². The predicted molar refractivity (Wildman–Crippen MR) is 122 cm³/mol. The molecule has 5 N–H and O–H groups in total. The maximum absolute atomic E-state index is 12.8. The van der Waals surface area contributed by atoms with E-state index < -0.39 is 0 Å². The van der Waals surface area contributed by atoms with Gasteiger partial charge in [0, 0.05) is 16.8 Å². The second-order valence-electron chi connectivity index (χ2n) is 7.73. The second kappa shape index (κ2) is 7.13. The van der Waals surface area contributed by atoms with E-state index in [1.54, 1.807) is 11.3 Å². The molecule has 0 aliphatic rings. The van der Waals surface area contributed by atoms with Crippen LogP contribution in [0.2, 0.25) is 0 Å². The Bertz CT molecular complexity index is 1210. The molecule has 0 atom stereocenters. The Morgan fingerprint density at radius 3 is 2.55 bits per heavy atom. The molecule has 4 rings (SSSR count). The summed E-state index contributed by atoms with van der Waals surface area (Å²) in [6, 6.07) is 11.4. The van der Waals surface area contributed by atoms with Gasteiger partial charge in [-0.15, -0.1) is 22.7 Å². The fraction of sp³-hybridized carbons (Fsp3) is 0.190. The van der Waals surface area contributed by atoms with Gasteiger partial charge in [0.2, 0.25) is 0 Å². The van der Waals surface area contributed by atoms with Crippen molar-refractivity contribution in [3.8, 4) is 22.0 Å². The van der Waals surface area contributed by atoms with Gasteiger partial charge < -0.3 is 16.8 Å². The van der Waals surface area contributed by atoms with Gasteiger partial charge in [-0.25, -0.2) is 9.97 Å². The molecule has 8 heteroatoms. The van der Waals surface area contributed by atoms with E-state index in [1.165, 1.54) is 11.3 Å². The van der Waals surface area contributed by atoms with Crippen molar-refractivity contribution in [1.82, 2.24) is 15.3 Å². The van der Waals surface area contributed by atoms with E-state index in [-0.39, 0.29) is 11.4 Å². The van der Waals surface area contributed by atoms with Crippen LogP contribution >= 0.6 is 22.7 Å². The van der Waals surface area contributed by atoms with E-state index in [4.69, 9.17) is 21.4 Å². The molecule has 0 unspecified atom stereocenters. The summed E-state index contributed by atoms with van der Waals surface area (Å²) in [4.78, 5) is 24.4. The van der Waals surface area contributed by atoms with E-state index in [9.17, 15) is 4.79 Å². The smallest absolute Gasteiger partial charge is 0.263 e. The second-order valence-corrected chi connectivity index (χ2v) is 9.67. The number of carbonyl (C=O) groups excluding carboxylic acids is 1. The number of carbonyl (C=O) groups is 1. The van der Waals surface area contributed by atoms with Gasteiger partial charge in [0.15, 0.2) is 5.82 Å². The Kier molecular flexibility index (Phi) is 4.76. The number of fused-ring (bicyclic) bond motifs is 1. The van der Waals surface area contributed by atoms with Crippen LogP contribution in [0.25, 0.3) is 32.2 Å². The van der Waals surface area contributed by atoms with Crippen molar-refractivity contribution in [2.45, 2.75) is 26.3 Å². The number of nitrogens with one attached hydrogen (secondary N) is 1. The van der Waals surface area contributed by atoms with Crippen LogP contribution in [0.15, 0.2) is 41.8 Å². The molecular formula is C21H21N5OS2. The number of hydrogen-bond acceptors (Lipinski definition) is 7. The summed E-state index contributed by atoms with van der Waals surface area (Å²) in [6.45, 7) is 5.80. The topological polar surface area (TPSA) is 107 Å². The fourth-order valence-corrected chi connectivity index (χ4v) is 4.65. The van der Waals surface area contributed by atoms with Gasteiger partial charge >= 0.3 is 0 Å². The van der Waals surface area contributed by atoms with Crippen molar-refractivity contribution in [1.29, 1.82) is 0 Å². The first kappa shape index (κ1) is 19.4. The maximum atomic E-state index is 12.8. The zero-order chi connectivity index (χ0) is 20.8. The highest BCUT2D eigenvalue weighted by Crippen LogP contribution is 2.40. The largest absolute Gasteiger partial charge is 0.399 e. The lowest BCUT2D eigenvalue weighted by Crippen LogP contribution is -2.40. The summed E-state index contributed by atoms with van der Waals surface area (Å²) in [5.74, 6) is 0.392. The molecule has 29 heavy (non-hydrogen) atoms. The van der Waals surface area contributed by atoms with Crippen molar-refractivity contribution in [3.05, 3.63) is 46.7 Å². The first-order valence-electron chi connectivity index (χ1n) is 9.05. The maximum Gasteiger partial charge on any atom is 0.263 e. The molecule has 6 nitrogen and oxygen atoms in total. The lowest BCUT2D eigenvalue weighted by molar-refractivity contribution is 0.0924. The first-order chi connectivity index (χ1) is 13.7. The monoisotopic (exact) mass is 423 g/mol. The molecule has 0 aliphatic carbocycles. The van der Waals surface area contributed by atoms with Crippen LogP contribution in [0.1, 0.15) is 30.4 Å². The lowest BCUT2D eigenvalue weighted by atomic mass is 10.1. The van der Waals surface area contributed by atoms with Crippen molar-refractivity contribution in [2.24, 2.45) is 0 Å². The van der Waals surface area contributed by atoms with Gasteiger partial charge in [-0.1, -0.05) is 18.2 Å². The van der Waals surface area contributed by atoms with E-state index in [2.05, 4.69) is 5.32 Å². The molecule has 0 saturated heterocycles. The molecule has 0 saturated carbocycles. The number of amides is 1. The van der Waals surface area contributed by atoms with Crippen LogP contribution < -0.4 is 16.8 Å². The highest BCUT2D eigenvalue weighted by molar-refractivity contribution is 7.21. The third-order valence-electron chi connectivity index (χ3n) is 4.18. The standard InChI is InChI=1S/C21H21N5OS2/c1-21(2,3)26-19(27)17-15(23)14-16(11-6-4-7-12(22)10-11)24-18(25-20(14)29-17)13-8-5-9-28-13/h4-10H,22-23H2,1-3H3,(H,26,27). The summed E-state index contributed by atoms with van der Waals surface area (Å²) in [6.07, 6.45) is 0. The molecular weight excluding hydrogens is 402 g/mol. The Balaban J connectivity index is 1.97. The Hall–Kier alpha value is -2.97. The number of nitrogen functional groups attached to an aromatic ring is 2. The van der Waals surface area contributed by atoms with Crippen LogP contribution in [0.5, 0.6) is 0 Å². The van der Waals surface area contributed by atoms with Crippen LogP contribution in [-0.2, 0) is 0 Å². The van der Waals surface area contributed by atoms with Crippen LogP contribution in [-0.4, -0.2) is 21.4 Å². The number of aromatic nitrogens is 2. The summed E-state index contributed by atoms with van der Waals surface area (Å²) >= 11 is 2.84. The summed E-state index contributed by atoms with van der Waals surface area (Å²) in [5, 5.41) is 5.63. The highest BCUT2D eigenvalue weighted by atomic mass is 32.1. The van der Waals surface area contributed by atoms with Crippen molar-refractivity contribution < 1.29 is 4.79 Å². The highest BCUT2D eigenvalue weighted by Gasteiger charge is 2.25. The molecule has 1 amide bonds. The van der Waals surface area contributed by atoms with Gasteiger partial charge in [0.1, 0.15) is 9.71 Å². The van der Waals surface area contributed by atoms with E-state index in [1.807, 2.05) is 62.5 Å². The minimum Gasteiger partial charge on any atom is -0.399 e. The van der Waals surface area contributed by atoms with Crippen LogP contribution in [0.4, 0.5) is 11.4 Å².